The number of benzene rings is 1. The Bertz CT molecular complexity index is 427. The van der Waals surface area contributed by atoms with Crippen LogP contribution in [-0.2, 0) is 16.0 Å². The van der Waals surface area contributed by atoms with Gasteiger partial charge in [0.15, 0.2) is 5.78 Å². The lowest BCUT2D eigenvalue weighted by Gasteiger charge is -2.22. The molecule has 1 aromatic carbocycles. The number of Topliss-reactive ketones (excluding diaryl/α,β-unsaturated/α-hetero) is 1. The average Bonchev–Trinajstić information content (AvgIpc) is 2.93. The molecule has 0 radical (unpaired) electrons. The molecule has 1 atom stereocenters. The van der Waals surface area contributed by atoms with Crippen LogP contribution in [0.5, 0.6) is 0 Å². The van der Waals surface area contributed by atoms with Crippen molar-refractivity contribution in [1.82, 2.24) is 4.90 Å². The van der Waals surface area contributed by atoms with Crippen LogP contribution in [0.15, 0.2) is 24.3 Å². The van der Waals surface area contributed by atoms with Crippen LogP contribution < -0.4 is 0 Å². The Morgan fingerprint density at radius 2 is 2.15 bits per heavy atom. The molecule has 20 heavy (non-hydrogen) atoms. The summed E-state index contributed by atoms with van der Waals surface area (Å²) in [5.74, 6) is -0.105. The molecule has 2 rings (SSSR count). The van der Waals surface area contributed by atoms with E-state index < -0.39 is 0 Å². The lowest BCUT2D eigenvalue weighted by molar-refractivity contribution is -0.119. The van der Waals surface area contributed by atoms with Crippen molar-refractivity contribution in [2.24, 2.45) is 0 Å². The third-order valence-electron chi connectivity index (χ3n) is 3.65. The minimum Gasteiger partial charge on any atom is -0.377 e. The van der Waals surface area contributed by atoms with E-state index in [1.807, 2.05) is 0 Å². The monoisotopic (exact) mass is 279 g/mol. The summed E-state index contributed by atoms with van der Waals surface area (Å²) < 4.78 is 18.4. The van der Waals surface area contributed by atoms with Gasteiger partial charge in [-0.15, -0.1) is 0 Å². The van der Waals surface area contributed by atoms with Crippen LogP contribution in [-0.4, -0.2) is 43.0 Å². The van der Waals surface area contributed by atoms with E-state index in [9.17, 15) is 9.18 Å². The number of ether oxygens (including phenoxy) is 1. The predicted octanol–water partition coefficient (Wildman–Crippen LogP) is 2.44. The zero-order valence-corrected chi connectivity index (χ0v) is 12.0. The Balaban J connectivity index is 1.80. The topological polar surface area (TPSA) is 29.5 Å². The van der Waals surface area contributed by atoms with Crippen molar-refractivity contribution < 1.29 is 13.9 Å². The molecule has 1 heterocycles. The van der Waals surface area contributed by atoms with E-state index in [1.54, 1.807) is 12.1 Å². The zero-order chi connectivity index (χ0) is 14.4. The minimum atomic E-state index is -0.269. The lowest BCUT2D eigenvalue weighted by Crippen LogP contribution is -2.36. The first-order valence-corrected chi connectivity index (χ1v) is 7.27. The van der Waals surface area contributed by atoms with E-state index in [4.69, 9.17) is 4.74 Å². The summed E-state index contributed by atoms with van der Waals surface area (Å²) in [4.78, 5) is 14.2. The second-order valence-electron chi connectivity index (χ2n) is 5.30. The van der Waals surface area contributed by atoms with Crippen molar-refractivity contribution in [2.75, 3.05) is 26.2 Å². The predicted molar refractivity (Wildman–Crippen MR) is 76.2 cm³/mol. The summed E-state index contributed by atoms with van der Waals surface area (Å²) in [5, 5.41) is 0. The molecule has 3 nitrogen and oxygen atoms in total. The molecule has 0 amide bonds. The molecule has 0 aliphatic carbocycles. The minimum absolute atomic E-state index is 0.163. The molecular weight excluding hydrogens is 257 g/mol. The van der Waals surface area contributed by atoms with Gasteiger partial charge in [-0.3, -0.25) is 9.69 Å². The molecule has 1 saturated heterocycles. The number of carbonyl (C=O) groups excluding carboxylic acids is 1. The molecule has 1 aliphatic heterocycles. The Morgan fingerprint density at radius 3 is 2.75 bits per heavy atom. The van der Waals surface area contributed by atoms with Gasteiger partial charge in [0.05, 0.1) is 12.6 Å². The van der Waals surface area contributed by atoms with Crippen molar-refractivity contribution in [3.8, 4) is 0 Å². The van der Waals surface area contributed by atoms with Gasteiger partial charge in [0.1, 0.15) is 5.82 Å². The van der Waals surface area contributed by atoms with E-state index in [1.165, 1.54) is 12.1 Å². The van der Waals surface area contributed by atoms with Crippen molar-refractivity contribution >= 4 is 5.78 Å². The largest absolute Gasteiger partial charge is 0.377 e. The number of rotatable bonds is 7. The maximum Gasteiger partial charge on any atom is 0.151 e. The molecule has 1 fully saturated rings. The first-order chi connectivity index (χ1) is 9.67. The number of hydrogen-bond donors (Lipinski definition) is 0. The smallest absolute Gasteiger partial charge is 0.151 e. The lowest BCUT2D eigenvalue weighted by atomic mass is 10.1. The Labute approximate surface area is 119 Å². The highest BCUT2D eigenvalue weighted by Crippen LogP contribution is 2.13. The molecule has 0 spiro atoms. The molecule has 0 bridgehead atoms. The van der Waals surface area contributed by atoms with Gasteiger partial charge in [0.25, 0.3) is 0 Å². The molecule has 0 N–H and O–H groups in total. The number of carbonyl (C=O) groups is 1. The molecule has 0 aromatic heterocycles. The van der Waals surface area contributed by atoms with Crippen LogP contribution in [0.4, 0.5) is 4.39 Å². The fourth-order valence-corrected chi connectivity index (χ4v) is 2.52. The molecule has 1 aromatic rings. The van der Waals surface area contributed by atoms with Crippen LogP contribution in [0.2, 0.25) is 0 Å². The third kappa shape index (κ3) is 4.69. The Hall–Kier alpha value is -1.26. The average molecular weight is 279 g/mol. The summed E-state index contributed by atoms with van der Waals surface area (Å²) in [6.07, 6.45) is 2.84. The normalized spacial score (nSPS) is 18.6. The molecular formula is C16H22FNO2. The number of halogens is 1. The fraction of sp³-hybridized carbons (Fsp3) is 0.562. The van der Waals surface area contributed by atoms with Crippen molar-refractivity contribution in [2.45, 2.75) is 32.3 Å². The fourth-order valence-electron chi connectivity index (χ4n) is 2.52. The zero-order valence-electron chi connectivity index (χ0n) is 12.0. The van der Waals surface area contributed by atoms with Gasteiger partial charge >= 0.3 is 0 Å². The second kappa shape index (κ2) is 7.50. The van der Waals surface area contributed by atoms with Gasteiger partial charge in [-0.25, -0.2) is 4.39 Å². The Kier molecular flexibility index (Phi) is 5.68. The highest BCUT2D eigenvalue weighted by Gasteiger charge is 2.19. The van der Waals surface area contributed by atoms with Gasteiger partial charge in [-0.2, -0.15) is 0 Å². The number of ketones is 1. The van der Waals surface area contributed by atoms with Gasteiger partial charge in [-0.05, 0) is 37.1 Å². The van der Waals surface area contributed by atoms with Crippen LogP contribution >= 0.6 is 0 Å². The molecule has 0 saturated carbocycles. The van der Waals surface area contributed by atoms with Gasteiger partial charge in [-0.1, -0.05) is 19.1 Å². The van der Waals surface area contributed by atoms with Crippen molar-refractivity contribution in [3.05, 3.63) is 35.6 Å². The van der Waals surface area contributed by atoms with Crippen LogP contribution in [0.3, 0.4) is 0 Å². The molecule has 4 heteroatoms. The number of nitrogens with zero attached hydrogens (tertiary/aromatic N) is 1. The third-order valence-corrected chi connectivity index (χ3v) is 3.65. The molecule has 1 unspecified atom stereocenters. The quantitative estimate of drug-likeness (QED) is 0.768. The highest BCUT2D eigenvalue weighted by molar-refractivity contribution is 5.82. The second-order valence-corrected chi connectivity index (χ2v) is 5.30. The number of likely N-dealkylation sites (N-methyl/N-ethyl adjacent to an activating group) is 1. The van der Waals surface area contributed by atoms with Crippen LogP contribution in [0, 0.1) is 5.82 Å². The van der Waals surface area contributed by atoms with E-state index >= 15 is 0 Å². The summed E-state index contributed by atoms with van der Waals surface area (Å²) >= 11 is 0. The van der Waals surface area contributed by atoms with E-state index in [0.717, 1.165) is 38.1 Å². The SMILES string of the molecule is CCN(CC(=O)Cc1ccc(F)cc1)CC1CCCO1. The molecule has 1 aliphatic rings. The van der Waals surface area contributed by atoms with E-state index in [2.05, 4.69) is 11.8 Å². The van der Waals surface area contributed by atoms with E-state index in [0.29, 0.717) is 13.0 Å². The van der Waals surface area contributed by atoms with Crippen molar-refractivity contribution in [1.29, 1.82) is 0 Å². The van der Waals surface area contributed by atoms with E-state index in [-0.39, 0.29) is 17.7 Å². The van der Waals surface area contributed by atoms with Crippen molar-refractivity contribution in [3.63, 3.8) is 0 Å². The summed E-state index contributed by atoms with van der Waals surface area (Å²) in [7, 11) is 0. The standard InChI is InChI=1S/C16H22FNO2/c1-2-18(12-16-4-3-9-20-16)11-15(19)10-13-5-7-14(17)8-6-13/h5-8,16H,2-4,9-12H2,1H3. The van der Waals surface area contributed by atoms with Crippen LogP contribution in [0.25, 0.3) is 0 Å². The first kappa shape index (κ1) is 15.1. The molecule has 110 valence electrons. The summed E-state index contributed by atoms with van der Waals surface area (Å²) in [6.45, 7) is 5.00. The highest BCUT2D eigenvalue weighted by atomic mass is 19.1. The first-order valence-electron chi connectivity index (χ1n) is 7.27. The summed E-state index contributed by atoms with van der Waals surface area (Å²) in [6, 6.07) is 6.13. The van der Waals surface area contributed by atoms with Crippen LogP contribution in [0.1, 0.15) is 25.3 Å². The number of hydrogen-bond acceptors (Lipinski definition) is 3. The maximum absolute atomic E-state index is 12.8. The van der Waals surface area contributed by atoms with Gasteiger partial charge in [0, 0.05) is 19.6 Å². The Morgan fingerprint density at radius 1 is 1.40 bits per heavy atom. The maximum atomic E-state index is 12.8. The van der Waals surface area contributed by atoms with Gasteiger partial charge in [0.2, 0.25) is 0 Å². The van der Waals surface area contributed by atoms with Gasteiger partial charge < -0.3 is 4.74 Å². The summed E-state index contributed by atoms with van der Waals surface area (Å²) in [5.41, 5.74) is 0.865.